The van der Waals surface area contributed by atoms with Crippen LogP contribution in [0.2, 0.25) is 0 Å². The molecule has 1 aromatic carbocycles. The van der Waals surface area contributed by atoms with Crippen LogP contribution in [0.5, 0.6) is 0 Å². The van der Waals surface area contributed by atoms with E-state index in [1.54, 1.807) is 0 Å². The Balaban J connectivity index is 1.61. The number of amides is 1. The van der Waals surface area contributed by atoms with Crippen molar-refractivity contribution in [3.8, 4) is 11.5 Å². The molecule has 0 spiro atoms. The number of imidazole rings is 1. The van der Waals surface area contributed by atoms with Crippen molar-refractivity contribution >= 4 is 11.6 Å². The standard InChI is InChI=1S/C18H18F2N6O/c1-2-26-7-6-12-14(9-26)23-17(22-12)16-13(8-21-25-16)24-18(27)15-10(19)4-3-5-11(15)20/h3-5,8H,2,6-7,9H2,1H3,(H,21,25)(H,22,23)(H,24,27). The maximum Gasteiger partial charge on any atom is 0.261 e. The molecule has 0 atom stereocenters. The molecular weight excluding hydrogens is 354 g/mol. The van der Waals surface area contributed by atoms with Gasteiger partial charge in [0.1, 0.15) is 22.9 Å². The van der Waals surface area contributed by atoms with Gasteiger partial charge in [0.25, 0.3) is 5.91 Å². The highest BCUT2D eigenvalue weighted by molar-refractivity contribution is 6.06. The number of nitrogens with zero attached hydrogens (tertiary/aromatic N) is 3. The summed E-state index contributed by atoms with van der Waals surface area (Å²) in [5, 5.41) is 9.22. The quantitative estimate of drug-likeness (QED) is 0.657. The van der Waals surface area contributed by atoms with Gasteiger partial charge < -0.3 is 10.3 Å². The lowest BCUT2D eigenvalue weighted by Gasteiger charge is -2.23. The fourth-order valence-electron chi connectivity index (χ4n) is 3.20. The highest BCUT2D eigenvalue weighted by Gasteiger charge is 2.23. The molecule has 2 aromatic heterocycles. The van der Waals surface area contributed by atoms with Crippen LogP contribution >= 0.6 is 0 Å². The number of anilines is 1. The first-order chi connectivity index (χ1) is 13.1. The SMILES string of the molecule is CCN1CCc2nc(-c3[nH]ncc3NC(=O)c3c(F)cccc3F)[nH]c2C1. The van der Waals surface area contributed by atoms with Crippen LogP contribution in [0.25, 0.3) is 11.5 Å². The molecule has 0 unspecified atom stereocenters. The van der Waals surface area contributed by atoms with Crippen molar-refractivity contribution in [3.63, 3.8) is 0 Å². The fourth-order valence-corrected chi connectivity index (χ4v) is 3.20. The molecule has 0 radical (unpaired) electrons. The Morgan fingerprint density at radius 3 is 2.85 bits per heavy atom. The zero-order valence-corrected chi connectivity index (χ0v) is 14.6. The van der Waals surface area contributed by atoms with Crippen molar-refractivity contribution in [2.75, 3.05) is 18.4 Å². The van der Waals surface area contributed by atoms with Crippen LogP contribution in [0.3, 0.4) is 0 Å². The van der Waals surface area contributed by atoms with Crippen LogP contribution < -0.4 is 5.32 Å². The van der Waals surface area contributed by atoms with E-state index in [4.69, 9.17) is 0 Å². The van der Waals surface area contributed by atoms with E-state index in [9.17, 15) is 13.6 Å². The second-order valence-electron chi connectivity index (χ2n) is 6.34. The summed E-state index contributed by atoms with van der Waals surface area (Å²) in [6.07, 6.45) is 2.21. The predicted molar refractivity (Wildman–Crippen MR) is 95.1 cm³/mol. The maximum atomic E-state index is 13.8. The number of likely N-dealkylation sites (N-methyl/N-ethyl adjacent to an activating group) is 1. The molecule has 1 amide bonds. The summed E-state index contributed by atoms with van der Waals surface area (Å²) in [5.41, 5.74) is 2.10. The third kappa shape index (κ3) is 3.21. The molecule has 27 heavy (non-hydrogen) atoms. The lowest BCUT2D eigenvalue weighted by molar-refractivity contribution is 0.101. The second-order valence-corrected chi connectivity index (χ2v) is 6.34. The third-order valence-corrected chi connectivity index (χ3v) is 4.67. The normalized spacial score (nSPS) is 14.2. The summed E-state index contributed by atoms with van der Waals surface area (Å²) >= 11 is 0. The molecule has 0 fully saturated rings. The third-order valence-electron chi connectivity index (χ3n) is 4.67. The number of benzene rings is 1. The van der Waals surface area contributed by atoms with Gasteiger partial charge in [0.05, 0.1) is 23.3 Å². The van der Waals surface area contributed by atoms with Crippen molar-refractivity contribution in [1.29, 1.82) is 0 Å². The number of aromatic nitrogens is 4. The smallest absolute Gasteiger partial charge is 0.261 e. The van der Waals surface area contributed by atoms with E-state index in [0.29, 0.717) is 17.2 Å². The summed E-state index contributed by atoms with van der Waals surface area (Å²) in [5.74, 6) is -2.21. The molecule has 9 heteroatoms. The van der Waals surface area contributed by atoms with E-state index < -0.39 is 23.1 Å². The first-order valence-corrected chi connectivity index (χ1v) is 8.66. The molecule has 7 nitrogen and oxygen atoms in total. The second kappa shape index (κ2) is 6.92. The van der Waals surface area contributed by atoms with E-state index >= 15 is 0 Å². The number of carbonyl (C=O) groups excluding carboxylic acids is 1. The highest BCUT2D eigenvalue weighted by atomic mass is 19.1. The molecule has 3 aromatic rings. The lowest BCUT2D eigenvalue weighted by atomic mass is 10.1. The van der Waals surface area contributed by atoms with E-state index in [1.165, 1.54) is 12.3 Å². The number of hydrogen-bond donors (Lipinski definition) is 3. The number of hydrogen-bond acceptors (Lipinski definition) is 4. The Labute approximate surface area is 153 Å². The average molecular weight is 372 g/mol. The summed E-state index contributed by atoms with van der Waals surface area (Å²) in [4.78, 5) is 22.5. The van der Waals surface area contributed by atoms with E-state index in [-0.39, 0.29) is 0 Å². The Morgan fingerprint density at radius 2 is 2.11 bits per heavy atom. The van der Waals surface area contributed by atoms with Gasteiger partial charge in [-0.2, -0.15) is 5.10 Å². The molecular formula is C18H18F2N6O. The number of H-pyrrole nitrogens is 2. The summed E-state index contributed by atoms with van der Waals surface area (Å²) < 4.78 is 27.7. The monoisotopic (exact) mass is 372 g/mol. The summed E-state index contributed by atoms with van der Waals surface area (Å²) in [7, 11) is 0. The van der Waals surface area contributed by atoms with Gasteiger partial charge in [0, 0.05) is 19.5 Å². The number of rotatable bonds is 4. The van der Waals surface area contributed by atoms with Gasteiger partial charge in [-0.3, -0.25) is 14.8 Å². The molecule has 0 bridgehead atoms. The van der Waals surface area contributed by atoms with Gasteiger partial charge in [0.15, 0.2) is 5.82 Å². The first-order valence-electron chi connectivity index (χ1n) is 8.66. The van der Waals surface area contributed by atoms with Gasteiger partial charge in [-0.25, -0.2) is 13.8 Å². The molecule has 0 saturated carbocycles. The largest absolute Gasteiger partial charge is 0.339 e. The fraction of sp³-hybridized carbons (Fsp3) is 0.278. The van der Waals surface area contributed by atoms with Crippen LogP contribution in [-0.4, -0.2) is 44.1 Å². The van der Waals surface area contributed by atoms with E-state index in [0.717, 1.165) is 49.6 Å². The predicted octanol–water partition coefficient (Wildman–Crippen LogP) is 2.71. The van der Waals surface area contributed by atoms with Gasteiger partial charge >= 0.3 is 0 Å². The number of carbonyl (C=O) groups is 1. The minimum atomic E-state index is -0.925. The van der Waals surface area contributed by atoms with E-state index in [2.05, 4.69) is 37.3 Å². The van der Waals surface area contributed by atoms with Crippen molar-refractivity contribution in [1.82, 2.24) is 25.1 Å². The number of fused-ring (bicyclic) bond motifs is 1. The van der Waals surface area contributed by atoms with Crippen LogP contribution in [0.15, 0.2) is 24.4 Å². The van der Waals surface area contributed by atoms with Crippen LogP contribution in [0.1, 0.15) is 28.7 Å². The molecule has 4 rings (SSSR count). The zero-order chi connectivity index (χ0) is 19.0. The topological polar surface area (TPSA) is 89.7 Å². The van der Waals surface area contributed by atoms with Crippen molar-refractivity contribution in [3.05, 3.63) is 53.0 Å². The molecule has 0 aliphatic carbocycles. The van der Waals surface area contributed by atoms with Crippen LogP contribution in [-0.2, 0) is 13.0 Å². The molecule has 3 N–H and O–H groups in total. The molecule has 0 saturated heterocycles. The van der Waals surface area contributed by atoms with Gasteiger partial charge in [-0.05, 0) is 18.7 Å². The Bertz CT molecular complexity index is 975. The molecule has 1 aliphatic heterocycles. The lowest BCUT2D eigenvalue weighted by Crippen LogP contribution is -2.30. The van der Waals surface area contributed by atoms with Crippen molar-refractivity contribution in [2.45, 2.75) is 19.9 Å². The molecule has 1 aliphatic rings. The average Bonchev–Trinajstić information content (AvgIpc) is 3.26. The van der Waals surface area contributed by atoms with Gasteiger partial charge in [-0.1, -0.05) is 13.0 Å². The minimum absolute atomic E-state index is 0.293. The molecule has 140 valence electrons. The van der Waals surface area contributed by atoms with Gasteiger partial charge in [0.2, 0.25) is 0 Å². The summed E-state index contributed by atoms with van der Waals surface area (Å²) in [6.45, 7) is 4.77. The van der Waals surface area contributed by atoms with Crippen molar-refractivity contribution in [2.24, 2.45) is 0 Å². The van der Waals surface area contributed by atoms with E-state index in [1.807, 2.05) is 0 Å². The maximum absolute atomic E-state index is 13.8. The molecule has 3 heterocycles. The highest BCUT2D eigenvalue weighted by Crippen LogP contribution is 2.27. The Morgan fingerprint density at radius 1 is 1.33 bits per heavy atom. The minimum Gasteiger partial charge on any atom is -0.339 e. The van der Waals surface area contributed by atoms with Crippen molar-refractivity contribution < 1.29 is 13.6 Å². The number of halogens is 2. The van der Waals surface area contributed by atoms with Gasteiger partial charge in [-0.15, -0.1) is 0 Å². The zero-order valence-electron chi connectivity index (χ0n) is 14.6. The number of nitrogens with one attached hydrogen (secondary N) is 3. The van der Waals surface area contributed by atoms with Crippen LogP contribution in [0, 0.1) is 11.6 Å². The van der Waals surface area contributed by atoms with Crippen LogP contribution in [0.4, 0.5) is 14.5 Å². The first kappa shape index (κ1) is 17.3. The number of aromatic amines is 2. The summed E-state index contributed by atoms with van der Waals surface area (Å²) in [6, 6.07) is 3.28. The Hall–Kier alpha value is -3.07. The Kier molecular flexibility index (Phi) is 4.44.